The summed E-state index contributed by atoms with van der Waals surface area (Å²) in [4.78, 5) is 0. The van der Waals surface area contributed by atoms with E-state index in [9.17, 15) is 15.3 Å². The van der Waals surface area contributed by atoms with Crippen molar-refractivity contribution >= 4 is 0 Å². The molecule has 0 aliphatic carbocycles. The van der Waals surface area contributed by atoms with Gasteiger partial charge in [0.25, 0.3) is 0 Å². The standard InChI is InChI=1S/C10H21NO5/c1-2-3-4-11-10-9(15)8(14)7(13)6(5-12)16-10/h6-15H,2-5H2,1H3/t6-,7-,8+,9-,10+/m1/s1. The zero-order valence-electron chi connectivity index (χ0n) is 9.41. The summed E-state index contributed by atoms with van der Waals surface area (Å²) in [6.07, 6.45) is -3.43. The average Bonchev–Trinajstić information content (AvgIpc) is 2.29. The molecule has 0 unspecified atom stereocenters. The minimum absolute atomic E-state index is 0.392. The van der Waals surface area contributed by atoms with Crippen molar-refractivity contribution in [3.05, 3.63) is 0 Å². The van der Waals surface area contributed by atoms with E-state index in [1.165, 1.54) is 0 Å². The summed E-state index contributed by atoms with van der Waals surface area (Å²) < 4.78 is 5.26. The lowest BCUT2D eigenvalue weighted by atomic mass is 9.98. The van der Waals surface area contributed by atoms with Crippen molar-refractivity contribution in [1.29, 1.82) is 0 Å². The Balaban J connectivity index is 2.50. The molecule has 0 saturated carbocycles. The average molecular weight is 235 g/mol. The highest BCUT2D eigenvalue weighted by Crippen LogP contribution is 2.19. The van der Waals surface area contributed by atoms with Crippen molar-refractivity contribution in [3.63, 3.8) is 0 Å². The molecule has 1 aliphatic heterocycles. The zero-order chi connectivity index (χ0) is 12.1. The number of hydrogen-bond acceptors (Lipinski definition) is 6. The molecule has 5 atom stereocenters. The molecule has 0 bridgehead atoms. The van der Waals surface area contributed by atoms with Gasteiger partial charge in [-0.3, -0.25) is 5.32 Å². The van der Waals surface area contributed by atoms with Gasteiger partial charge < -0.3 is 25.2 Å². The van der Waals surface area contributed by atoms with Crippen molar-refractivity contribution in [3.8, 4) is 0 Å². The topological polar surface area (TPSA) is 102 Å². The predicted octanol–water partition coefficient (Wildman–Crippen LogP) is -1.82. The van der Waals surface area contributed by atoms with E-state index in [0.717, 1.165) is 12.8 Å². The van der Waals surface area contributed by atoms with Crippen LogP contribution in [0.1, 0.15) is 19.8 Å². The number of rotatable bonds is 5. The molecular formula is C10H21NO5. The van der Waals surface area contributed by atoms with Gasteiger partial charge in [0.05, 0.1) is 6.61 Å². The monoisotopic (exact) mass is 235 g/mol. The maximum absolute atomic E-state index is 9.64. The van der Waals surface area contributed by atoms with Crippen molar-refractivity contribution in [1.82, 2.24) is 5.32 Å². The fraction of sp³-hybridized carbons (Fsp3) is 1.00. The second kappa shape index (κ2) is 6.48. The van der Waals surface area contributed by atoms with Crippen LogP contribution in [0.3, 0.4) is 0 Å². The third-order valence-corrected chi connectivity index (χ3v) is 2.77. The van der Waals surface area contributed by atoms with Crippen LogP contribution in [0.15, 0.2) is 0 Å². The lowest BCUT2D eigenvalue weighted by Gasteiger charge is -2.40. The van der Waals surface area contributed by atoms with Crippen LogP contribution in [0.25, 0.3) is 0 Å². The van der Waals surface area contributed by atoms with Gasteiger partial charge in [-0.2, -0.15) is 0 Å². The molecule has 0 aromatic heterocycles. The molecule has 0 aromatic carbocycles. The minimum atomic E-state index is -1.30. The number of aliphatic hydroxyl groups excluding tert-OH is 4. The normalized spacial score (nSPS) is 39.9. The van der Waals surface area contributed by atoms with Gasteiger partial charge in [0, 0.05) is 0 Å². The summed E-state index contributed by atoms with van der Waals surface area (Å²) in [5.74, 6) is 0. The largest absolute Gasteiger partial charge is 0.394 e. The Hall–Kier alpha value is -0.240. The van der Waals surface area contributed by atoms with Gasteiger partial charge in [-0.25, -0.2) is 0 Å². The van der Waals surface area contributed by atoms with Crippen molar-refractivity contribution in [2.24, 2.45) is 0 Å². The van der Waals surface area contributed by atoms with Gasteiger partial charge >= 0.3 is 0 Å². The number of hydrogen-bond donors (Lipinski definition) is 5. The summed E-state index contributed by atoms with van der Waals surface area (Å²) in [7, 11) is 0. The van der Waals surface area contributed by atoms with Gasteiger partial charge in [0.2, 0.25) is 0 Å². The zero-order valence-corrected chi connectivity index (χ0v) is 9.41. The number of ether oxygens (including phenoxy) is 1. The molecule has 1 rings (SSSR count). The molecular weight excluding hydrogens is 214 g/mol. The van der Waals surface area contributed by atoms with Crippen LogP contribution >= 0.6 is 0 Å². The van der Waals surface area contributed by atoms with Crippen molar-refractivity contribution in [2.75, 3.05) is 13.2 Å². The maximum atomic E-state index is 9.64. The molecule has 1 aliphatic rings. The van der Waals surface area contributed by atoms with E-state index in [2.05, 4.69) is 5.32 Å². The maximum Gasteiger partial charge on any atom is 0.137 e. The molecule has 1 heterocycles. The Labute approximate surface area is 94.9 Å². The third-order valence-electron chi connectivity index (χ3n) is 2.77. The van der Waals surface area contributed by atoms with Crippen LogP contribution in [0.2, 0.25) is 0 Å². The van der Waals surface area contributed by atoms with Crippen LogP contribution in [0.5, 0.6) is 0 Å². The predicted molar refractivity (Wildman–Crippen MR) is 56.7 cm³/mol. The smallest absolute Gasteiger partial charge is 0.137 e. The Morgan fingerprint density at radius 2 is 1.81 bits per heavy atom. The van der Waals surface area contributed by atoms with Crippen molar-refractivity contribution < 1.29 is 25.2 Å². The van der Waals surface area contributed by atoms with Gasteiger partial charge in [-0.05, 0) is 13.0 Å². The summed E-state index contributed by atoms with van der Waals surface area (Å²) in [5.41, 5.74) is 0. The minimum Gasteiger partial charge on any atom is -0.394 e. The molecule has 5 N–H and O–H groups in total. The third kappa shape index (κ3) is 3.13. The van der Waals surface area contributed by atoms with E-state index in [1.807, 2.05) is 6.92 Å². The van der Waals surface area contributed by atoms with E-state index in [0.29, 0.717) is 6.54 Å². The first kappa shape index (κ1) is 13.8. The summed E-state index contributed by atoms with van der Waals surface area (Å²) in [6, 6.07) is 0. The van der Waals surface area contributed by atoms with E-state index < -0.39 is 37.3 Å². The second-order valence-corrected chi connectivity index (χ2v) is 4.06. The van der Waals surface area contributed by atoms with Crippen LogP contribution in [-0.4, -0.2) is 64.2 Å². The highest BCUT2D eigenvalue weighted by molar-refractivity contribution is 4.90. The molecule has 6 nitrogen and oxygen atoms in total. The van der Waals surface area contributed by atoms with Crippen LogP contribution in [0.4, 0.5) is 0 Å². The number of aliphatic hydroxyl groups is 4. The molecule has 0 radical (unpaired) electrons. The molecule has 0 spiro atoms. The van der Waals surface area contributed by atoms with E-state index >= 15 is 0 Å². The first-order valence-electron chi connectivity index (χ1n) is 5.65. The van der Waals surface area contributed by atoms with E-state index in [1.54, 1.807) is 0 Å². The highest BCUT2D eigenvalue weighted by Gasteiger charge is 2.42. The lowest BCUT2D eigenvalue weighted by Crippen LogP contribution is -2.62. The van der Waals surface area contributed by atoms with Gasteiger partial charge in [0.15, 0.2) is 0 Å². The lowest BCUT2D eigenvalue weighted by molar-refractivity contribution is -0.236. The first-order chi connectivity index (χ1) is 7.61. The van der Waals surface area contributed by atoms with Crippen molar-refractivity contribution in [2.45, 2.75) is 50.4 Å². The van der Waals surface area contributed by atoms with Crippen LogP contribution in [-0.2, 0) is 4.74 Å². The summed E-state index contributed by atoms with van der Waals surface area (Å²) >= 11 is 0. The summed E-state index contributed by atoms with van der Waals surface area (Å²) in [5, 5.41) is 40.5. The molecule has 16 heavy (non-hydrogen) atoms. The quantitative estimate of drug-likeness (QED) is 0.359. The van der Waals surface area contributed by atoms with Crippen LogP contribution < -0.4 is 5.32 Å². The fourth-order valence-electron chi connectivity index (χ4n) is 1.69. The molecule has 1 fully saturated rings. The highest BCUT2D eigenvalue weighted by atomic mass is 16.6. The Morgan fingerprint density at radius 3 is 2.38 bits per heavy atom. The number of unbranched alkanes of at least 4 members (excludes halogenated alkanes) is 1. The molecule has 0 aromatic rings. The van der Waals surface area contributed by atoms with E-state index in [-0.39, 0.29) is 0 Å². The molecule has 96 valence electrons. The second-order valence-electron chi connectivity index (χ2n) is 4.06. The molecule has 0 amide bonds. The Morgan fingerprint density at radius 1 is 1.12 bits per heavy atom. The first-order valence-corrected chi connectivity index (χ1v) is 5.65. The molecule has 1 saturated heterocycles. The van der Waals surface area contributed by atoms with Gasteiger partial charge in [-0.1, -0.05) is 13.3 Å². The van der Waals surface area contributed by atoms with Crippen LogP contribution in [0, 0.1) is 0 Å². The van der Waals surface area contributed by atoms with Gasteiger partial charge in [-0.15, -0.1) is 0 Å². The molecule has 6 heteroatoms. The van der Waals surface area contributed by atoms with Gasteiger partial charge in [0.1, 0.15) is 30.6 Å². The fourth-order valence-corrected chi connectivity index (χ4v) is 1.69. The Kier molecular flexibility index (Phi) is 5.60. The summed E-state index contributed by atoms with van der Waals surface area (Å²) in [6.45, 7) is 2.30. The Bertz CT molecular complexity index is 202. The van der Waals surface area contributed by atoms with E-state index in [4.69, 9.17) is 9.84 Å². The SMILES string of the molecule is CCCCN[C@H]1O[C@H](CO)[C@@H](O)[C@H](O)[C@H]1O. The number of nitrogens with one attached hydrogen (secondary N) is 1.